The van der Waals surface area contributed by atoms with E-state index < -0.39 is 0 Å². The van der Waals surface area contributed by atoms with Gasteiger partial charge in [0.15, 0.2) is 0 Å². The van der Waals surface area contributed by atoms with Crippen molar-refractivity contribution in [2.45, 2.75) is 13.3 Å². The van der Waals surface area contributed by atoms with E-state index in [1.165, 1.54) is 12.7 Å². The van der Waals surface area contributed by atoms with E-state index >= 15 is 0 Å². The van der Waals surface area contributed by atoms with Crippen LogP contribution in [-0.2, 0) is 18.2 Å². The van der Waals surface area contributed by atoms with Crippen LogP contribution in [0.4, 0.5) is 0 Å². The van der Waals surface area contributed by atoms with Gasteiger partial charge in [0, 0.05) is 17.9 Å². The van der Waals surface area contributed by atoms with Gasteiger partial charge in [0.2, 0.25) is 0 Å². The fourth-order valence-corrected chi connectivity index (χ4v) is 2.97. The van der Waals surface area contributed by atoms with Crippen molar-refractivity contribution in [3.8, 4) is 0 Å². The predicted octanol–water partition coefficient (Wildman–Crippen LogP) is 4.02. The second-order valence-corrected chi connectivity index (χ2v) is 6.40. The molecule has 4 nitrogen and oxygen atoms in total. The quantitative estimate of drug-likeness (QED) is 0.652. The van der Waals surface area contributed by atoms with Crippen molar-refractivity contribution in [3.63, 3.8) is 0 Å². The Morgan fingerprint density at radius 2 is 2.09 bits per heavy atom. The van der Waals surface area contributed by atoms with Crippen molar-refractivity contribution in [2.24, 2.45) is 7.05 Å². The van der Waals surface area contributed by atoms with Crippen molar-refractivity contribution in [3.05, 3.63) is 63.4 Å². The summed E-state index contributed by atoms with van der Waals surface area (Å²) in [6.45, 7) is 2.07. The van der Waals surface area contributed by atoms with Gasteiger partial charge in [-0.2, -0.15) is 0 Å². The zero-order chi connectivity index (χ0) is 16.6. The lowest BCUT2D eigenvalue weighted by molar-refractivity contribution is 0.0600. The van der Waals surface area contributed by atoms with Crippen LogP contribution >= 0.6 is 15.9 Å². The van der Waals surface area contributed by atoms with E-state index in [-0.39, 0.29) is 5.97 Å². The number of rotatable bonds is 3. The molecule has 0 aliphatic rings. The van der Waals surface area contributed by atoms with Gasteiger partial charge in [-0.3, -0.25) is 0 Å². The lowest BCUT2D eigenvalue weighted by Crippen LogP contribution is -2.03. The number of carbonyl (C=O) groups is 1. The monoisotopic (exact) mass is 372 g/mol. The zero-order valence-corrected chi connectivity index (χ0v) is 14.8. The zero-order valence-electron chi connectivity index (χ0n) is 13.3. The smallest absolute Gasteiger partial charge is 0.337 e. The van der Waals surface area contributed by atoms with E-state index in [4.69, 9.17) is 9.72 Å². The van der Waals surface area contributed by atoms with Crippen LogP contribution in [0.3, 0.4) is 0 Å². The SMILES string of the molecule is COC(=O)c1cccc(Cc2nc3cc(Br)c(C)cc3n2C)c1. The molecule has 0 N–H and O–H groups in total. The normalized spacial score (nSPS) is 11.0. The highest BCUT2D eigenvalue weighted by atomic mass is 79.9. The van der Waals surface area contributed by atoms with E-state index in [1.54, 1.807) is 6.07 Å². The molecule has 1 heterocycles. The van der Waals surface area contributed by atoms with E-state index in [9.17, 15) is 4.79 Å². The first-order valence-corrected chi connectivity index (χ1v) is 8.07. The molecule has 0 saturated carbocycles. The number of esters is 1. The molecular formula is C18H17BrN2O2. The van der Waals surface area contributed by atoms with E-state index in [0.29, 0.717) is 12.0 Å². The maximum Gasteiger partial charge on any atom is 0.337 e. The molecule has 0 amide bonds. The Kier molecular flexibility index (Phi) is 4.22. The summed E-state index contributed by atoms with van der Waals surface area (Å²) in [5.41, 5.74) is 4.83. The summed E-state index contributed by atoms with van der Waals surface area (Å²) in [5.74, 6) is 0.635. The number of carbonyl (C=O) groups excluding carboxylic acids is 1. The maximum absolute atomic E-state index is 11.7. The Morgan fingerprint density at radius 1 is 1.30 bits per heavy atom. The third-order valence-electron chi connectivity index (χ3n) is 3.96. The molecule has 3 aromatic rings. The number of aromatic nitrogens is 2. The largest absolute Gasteiger partial charge is 0.465 e. The fourth-order valence-electron chi connectivity index (χ4n) is 2.63. The Labute approximate surface area is 143 Å². The van der Waals surface area contributed by atoms with Gasteiger partial charge < -0.3 is 9.30 Å². The minimum Gasteiger partial charge on any atom is -0.465 e. The number of halogens is 1. The average molecular weight is 373 g/mol. The molecule has 23 heavy (non-hydrogen) atoms. The van der Waals surface area contributed by atoms with Crippen molar-refractivity contribution < 1.29 is 9.53 Å². The first kappa shape index (κ1) is 15.7. The van der Waals surface area contributed by atoms with Gasteiger partial charge in [-0.1, -0.05) is 28.1 Å². The van der Waals surface area contributed by atoms with Crippen LogP contribution in [0.15, 0.2) is 40.9 Å². The number of hydrogen-bond acceptors (Lipinski definition) is 3. The van der Waals surface area contributed by atoms with Crippen LogP contribution in [0.5, 0.6) is 0 Å². The number of methoxy groups -OCH3 is 1. The summed E-state index contributed by atoms with van der Waals surface area (Å²) < 4.78 is 7.93. The summed E-state index contributed by atoms with van der Waals surface area (Å²) in [7, 11) is 3.41. The van der Waals surface area contributed by atoms with Gasteiger partial charge in [-0.05, 0) is 42.3 Å². The average Bonchev–Trinajstić information content (AvgIpc) is 2.83. The molecular weight excluding hydrogens is 356 g/mol. The van der Waals surface area contributed by atoms with Crippen LogP contribution < -0.4 is 0 Å². The number of fused-ring (bicyclic) bond motifs is 1. The van der Waals surface area contributed by atoms with Gasteiger partial charge in [0.25, 0.3) is 0 Å². The Bertz CT molecular complexity index is 899. The number of hydrogen-bond donors (Lipinski definition) is 0. The standard InChI is InChI=1S/C18H17BrN2O2/c1-11-7-16-15(10-14(11)19)20-17(21(16)2)9-12-5-4-6-13(8-12)18(22)23-3/h4-8,10H,9H2,1-3H3. The molecule has 1 aromatic heterocycles. The fraction of sp³-hybridized carbons (Fsp3) is 0.222. The Balaban J connectivity index is 1.99. The van der Waals surface area contributed by atoms with Crippen molar-refractivity contribution in [2.75, 3.05) is 7.11 Å². The molecule has 0 atom stereocenters. The molecule has 0 aliphatic heterocycles. The summed E-state index contributed by atoms with van der Waals surface area (Å²) >= 11 is 3.55. The van der Waals surface area contributed by atoms with E-state index in [1.807, 2.05) is 31.3 Å². The van der Waals surface area contributed by atoms with Crippen LogP contribution in [0.1, 0.15) is 27.3 Å². The molecule has 0 radical (unpaired) electrons. The minimum absolute atomic E-state index is 0.323. The van der Waals surface area contributed by atoms with Gasteiger partial charge in [0.1, 0.15) is 5.82 Å². The molecule has 118 valence electrons. The Morgan fingerprint density at radius 3 is 2.83 bits per heavy atom. The molecule has 2 aromatic carbocycles. The van der Waals surface area contributed by atoms with Gasteiger partial charge in [-0.15, -0.1) is 0 Å². The molecule has 0 bridgehead atoms. The number of benzene rings is 2. The summed E-state index contributed by atoms with van der Waals surface area (Å²) in [5, 5.41) is 0. The topological polar surface area (TPSA) is 44.1 Å². The number of ether oxygens (including phenoxy) is 1. The third kappa shape index (κ3) is 3.01. The summed E-state index contributed by atoms with van der Waals surface area (Å²) in [6.07, 6.45) is 0.659. The first-order valence-electron chi connectivity index (χ1n) is 7.28. The van der Waals surface area contributed by atoms with Crippen molar-refractivity contribution in [1.82, 2.24) is 9.55 Å². The lowest BCUT2D eigenvalue weighted by atomic mass is 10.1. The van der Waals surface area contributed by atoms with Gasteiger partial charge >= 0.3 is 5.97 Å². The molecule has 0 aliphatic carbocycles. The van der Waals surface area contributed by atoms with E-state index in [2.05, 4.69) is 33.5 Å². The van der Waals surface area contributed by atoms with Crippen LogP contribution in [0, 0.1) is 6.92 Å². The predicted molar refractivity (Wildman–Crippen MR) is 93.7 cm³/mol. The highest BCUT2D eigenvalue weighted by Gasteiger charge is 2.12. The Hall–Kier alpha value is -2.14. The highest BCUT2D eigenvalue weighted by Crippen LogP contribution is 2.25. The van der Waals surface area contributed by atoms with Crippen LogP contribution in [0.25, 0.3) is 11.0 Å². The number of imidazole rings is 1. The molecule has 3 rings (SSSR count). The third-order valence-corrected chi connectivity index (χ3v) is 4.82. The number of nitrogens with zero attached hydrogens (tertiary/aromatic N) is 2. The summed E-state index contributed by atoms with van der Waals surface area (Å²) in [6, 6.07) is 11.6. The van der Waals surface area contributed by atoms with E-state index in [0.717, 1.165) is 26.9 Å². The molecule has 0 unspecified atom stereocenters. The molecule has 0 fully saturated rings. The maximum atomic E-state index is 11.7. The molecule has 0 saturated heterocycles. The second-order valence-electron chi connectivity index (χ2n) is 5.55. The minimum atomic E-state index is -0.323. The second kappa shape index (κ2) is 6.16. The van der Waals surface area contributed by atoms with Crippen LogP contribution in [0.2, 0.25) is 0 Å². The molecule has 5 heteroatoms. The first-order chi connectivity index (χ1) is 11.0. The lowest BCUT2D eigenvalue weighted by Gasteiger charge is -2.05. The highest BCUT2D eigenvalue weighted by molar-refractivity contribution is 9.10. The van der Waals surface area contributed by atoms with Gasteiger partial charge in [0.05, 0.1) is 23.7 Å². The number of aryl methyl sites for hydroxylation is 2. The summed E-state index contributed by atoms with van der Waals surface area (Å²) in [4.78, 5) is 16.4. The van der Waals surface area contributed by atoms with Crippen molar-refractivity contribution in [1.29, 1.82) is 0 Å². The van der Waals surface area contributed by atoms with Gasteiger partial charge in [-0.25, -0.2) is 9.78 Å². The molecule has 0 spiro atoms. The van der Waals surface area contributed by atoms with Crippen LogP contribution in [-0.4, -0.2) is 22.6 Å². The van der Waals surface area contributed by atoms with Crippen molar-refractivity contribution >= 4 is 32.9 Å².